The molecule has 10 heavy (non-hydrogen) atoms. The molecule has 1 aromatic carbocycles. The molecule has 52 valence electrons. The molecule has 0 spiro atoms. The maximum atomic E-state index is 7.18. The van der Waals surface area contributed by atoms with Gasteiger partial charge < -0.3 is 0 Å². The Balaban J connectivity index is 0.000000236. The van der Waals surface area contributed by atoms with E-state index in [1.165, 1.54) is 8.97 Å². The molecule has 0 bridgehead atoms. The molecule has 0 unspecified atom stereocenters. The first-order chi connectivity index (χ1) is 4.81. The number of hydrogen-bond acceptors (Lipinski definition) is 2. The molecule has 0 aliphatic rings. The van der Waals surface area contributed by atoms with Crippen LogP contribution >= 0.6 is 35.2 Å². The van der Waals surface area contributed by atoms with Crippen molar-refractivity contribution in [2.24, 2.45) is 0 Å². The Morgan fingerprint density at radius 3 is 1.90 bits per heavy atom. The van der Waals surface area contributed by atoms with Crippen LogP contribution in [-0.4, -0.2) is 0 Å². The van der Waals surface area contributed by atoms with E-state index in [0.717, 1.165) is 0 Å². The van der Waals surface area contributed by atoms with Gasteiger partial charge in [0.2, 0.25) is 0 Å². The molecule has 0 saturated carbocycles. The average molecular weight is 263 g/mol. The summed E-state index contributed by atoms with van der Waals surface area (Å²) in [5, 5.41) is 8.63. The van der Waals surface area contributed by atoms with Crippen molar-refractivity contribution in [3.63, 3.8) is 0 Å². The summed E-state index contributed by atoms with van der Waals surface area (Å²) in [6, 6.07) is 10.2. The Bertz CT molecular complexity index is 205. The molecule has 0 radical (unpaired) electrons. The highest BCUT2D eigenvalue weighted by atomic mass is 127. The van der Waals surface area contributed by atoms with E-state index >= 15 is 0 Å². The molecule has 0 amide bonds. The maximum absolute atomic E-state index is 7.18. The lowest BCUT2D eigenvalue weighted by atomic mass is 10.4. The molecular weight excluding hydrogens is 257 g/mol. The lowest BCUT2D eigenvalue weighted by Gasteiger charge is -1.80. The van der Waals surface area contributed by atoms with E-state index in [4.69, 9.17) is 5.26 Å². The van der Waals surface area contributed by atoms with Crippen LogP contribution in [0.5, 0.6) is 0 Å². The first kappa shape index (κ1) is 9.79. The van der Waals surface area contributed by atoms with Gasteiger partial charge in [-0.2, -0.15) is 5.26 Å². The lowest BCUT2D eigenvalue weighted by Crippen LogP contribution is -1.61. The fourth-order valence-corrected chi connectivity index (χ4v) is 0.830. The minimum absolute atomic E-state index is 1.29. The van der Waals surface area contributed by atoms with Crippen LogP contribution in [0.2, 0.25) is 0 Å². The van der Waals surface area contributed by atoms with E-state index in [-0.39, 0.29) is 0 Å². The quantitative estimate of drug-likeness (QED) is 0.434. The van der Waals surface area contributed by atoms with Crippen molar-refractivity contribution in [1.29, 1.82) is 5.26 Å². The smallest absolute Gasteiger partial charge is 0.130 e. The summed E-state index contributed by atoms with van der Waals surface area (Å²) >= 11 is 5.37. The van der Waals surface area contributed by atoms with Crippen molar-refractivity contribution in [3.05, 3.63) is 33.9 Å². The van der Waals surface area contributed by atoms with Gasteiger partial charge in [-0.05, 0) is 34.7 Å². The van der Waals surface area contributed by atoms with Gasteiger partial charge in [0.1, 0.15) is 5.40 Å². The number of rotatable bonds is 0. The van der Waals surface area contributed by atoms with Crippen molar-refractivity contribution in [2.45, 2.75) is 0 Å². The summed E-state index contributed by atoms with van der Waals surface area (Å²) < 4.78 is 1.29. The van der Waals surface area contributed by atoms with Crippen LogP contribution in [0.3, 0.4) is 0 Å². The van der Waals surface area contributed by atoms with Gasteiger partial charge in [0, 0.05) is 3.57 Å². The standard InChI is InChI=1S/C6H5I.CHNS/c7-6-4-2-1-3-5-6;2-1-3/h1-5H;3H. The van der Waals surface area contributed by atoms with Gasteiger partial charge in [0.05, 0.1) is 0 Å². The van der Waals surface area contributed by atoms with Crippen molar-refractivity contribution >= 4 is 35.2 Å². The summed E-state index contributed by atoms with van der Waals surface area (Å²) in [6.45, 7) is 0. The molecule has 0 saturated heterocycles. The van der Waals surface area contributed by atoms with Crippen molar-refractivity contribution in [1.82, 2.24) is 0 Å². The molecule has 0 aliphatic heterocycles. The lowest BCUT2D eigenvalue weighted by molar-refractivity contribution is 1.57. The monoisotopic (exact) mass is 263 g/mol. The Morgan fingerprint density at radius 1 is 1.30 bits per heavy atom. The SMILES string of the molecule is Ic1ccccc1.N#CS. The first-order valence-electron chi connectivity index (χ1n) is 2.55. The summed E-state index contributed by atoms with van der Waals surface area (Å²) in [5.74, 6) is 0. The molecule has 1 nitrogen and oxygen atoms in total. The number of nitriles is 1. The third-order valence-electron chi connectivity index (χ3n) is 0.733. The molecule has 3 heteroatoms. The molecule has 0 aromatic heterocycles. The number of hydrogen-bond donors (Lipinski definition) is 1. The highest BCUT2D eigenvalue weighted by Gasteiger charge is 1.74. The van der Waals surface area contributed by atoms with Crippen LogP contribution in [0.1, 0.15) is 0 Å². The van der Waals surface area contributed by atoms with Crippen LogP contribution in [-0.2, 0) is 0 Å². The molecule has 1 rings (SSSR count). The largest absolute Gasteiger partial charge is 0.185 e. The molecule has 0 atom stereocenters. The zero-order chi connectivity index (χ0) is 7.82. The van der Waals surface area contributed by atoms with E-state index in [9.17, 15) is 0 Å². The van der Waals surface area contributed by atoms with Crippen LogP contribution < -0.4 is 0 Å². The average Bonchev–Trinajstić information content (AvgIpc) is 1.91. The van der Waals surface area contributed by atoms with E-state index in [2.05, 4.69) is 47.4 Å². The minimum atomic E-state index is 1.29. The van der Waals surface area contributed by atoms with Crippen molar-refractivity contribution < 1.29 is 0 Å². The maximum Gasteiger partial charge on any atom is 0.130 e. The van der Waals surface area contributed by atoms with Gasteiger partial charge in [-0.15, -0.1) is 0 Å². The van der Waals surface area contributed by atoms with Crippen LogP contribution in [0.25, 0.3) is 0 Å². The third kappa shape index (κ3) is 5.92. The normalized spacial score (nSPS) is 6.90. The second-order valence-electron chi connectivity index (χ2n) is 1.40. The fraction of sp³-hybridized carbons (Fsp3) is 0. The zero-order valence-electron chi connectivity index (χ0n) is 5.16. The van der Waals surface area contributed by atoms with Gasteiger partial charge >= 0.3 is 0 Å². The summed E-state index contributed by atoms with van der Waals surface area (Å²) in [6.07, 6.45) is 0. The predicted octanol–water partition coefficient (Wildman–Crippen LogP) is 2.69. The predicted molar refractivity (Wildman–Crippen MR) is 53.8 cm³/mol. The second kappa shape index (κ2) is 6.90. The highest BCUT2D eigenvalue weighted by molar-refractivity contribution is 14.1. The van der Waals surface area contributed by atoms with Crippen LogP contribution in [0.15, 0.2) is 30.3 Å². The van der Waals surface area contributed by atoms with Gasteiger partial charge in [-0.1, -0.05) is 30.8 Å². The fourth-order valence-electron chi connectivity index (χ4n) is 0.415. The summed E-state index contributed by atoms with van der Waals surface area (Å²) in [4.78, 5) is 0. The first-order valence-corrected chi connectivity index (χ1v) is 4.07. The number of benzene rings is 1. The van der Waals surface area contributed by atoms with Gasteiger partial charge in [0.15, 0.2) is 0 Å². The Hall–Kier alpha value is -0.210. The van der Waals surface area contributed by atoms with Crippen LogP contribution in [0.4, 0.5) is 0 Å². The van der Waals surface area contributed by atoms with E-state index in [1.54, 1.807) is 0 Å². The Labute approximate surface area is 79.6 Å². The number of thiocyanates is 1. The van der Waals surface area contributed by atoms with Crippen molar-refractivity contribution in [2.75, 3.05) is 0 Å². The van der Waals surface area contributed by atoms with E-state index in [1.807, 2.05) is 18.2 Å². The molecule has 0 fully saturated rings. The van der Waals surface area contributed by atoms with Gasteiger partial charge in [0.25, 0.3) is 0 Å². The molecule has 0 N–H and O–H groups in total. The Kier molecular flexibility index (Phi) is 6.76. The molecular formula is C7H6INS. The molecule has 0 aliphatic carbocycles. The van der Waals surface area contributed by atoms with Crippen molar-refractivity contribution in [3.8, 4) is 5.40 Å². The number of nitrogens with zero attached hydrogens (tertiary/aromatic N) is 1. The topological polar surface area (TPSA) is 23.8 Å². The second-order valence-corrected chi connectivity index (χ2v) is 2.84. The van der Waals surface area contributed by atoms with E-state index in [0.29, 0.717) is 0 Å². The summed E-state index contributed by atoms with van der Waals surface area (Å²) in [5.41, 5.74) is 0. The van der Waals surface area contributed by atoms with Crippen LogP contribution in [0, 0.1) is 14.2 Å². The van der Waals surface area contributed by atoms with Gasteiger partial charge in [-0.25, -0.2) is 0 Å². The minimum Gasteiger partial charge on any atom is -0.185 e. The zero-order valence-corrected chi connectivity index (χ0v) is 8.21. The molecule has 0 heterocycles. The summed E-state index contributed by atoms with van der Waals surface area (Å²) in [7, 11) is 0. The Morgan fingerprint density at radius 2 is 1.70 bits per heavy atom. The number of thiol groups is 1. The third-order valence-corrected chi connectivity index (χ3v) is 1.45. The highest BCUT2D eigenvalue weighted by Crippen LogP contribution is 1.99. The number of halogens is 1. The van der Waals surface area contributed by atoms with Gasteiger partial charge in [-0.3, -0.25) is 0 Å². The van der Waals surface area contributed by atoms with E-state index < -0.39 is 0 Å². The molecule has 1 aromatic rings.